The Morgan fingerprint density at radius 3 is 2.37 bits per heavy atom. The van der Waals surface area contributed by atoms with Crippen molar-refractivity contribution in [3.63, 3.8) is 0 Å². The number of hydrogen-bond acceptors (Lipinski definition) is 4. The van der Waals surface area contributed by atoms with Crippen molar-refractivity contribution in [3.8, 4) is 0 Å². The highest BCUT2D eigenvalue weighted by Gasteiger charge is 2.20. The second-order valence-electron chi connectivity index (χ2n) is 8.13. The van der Waals surface area contributed by atoms with E-state index in [1.807, 2.05) is 30.3 Å². The van der Waals surface area contributed by atoms with Crippen LogP contribution in [0.25, 0.3) is 0 Å². The molecule has 35 heavy (non-hydrogen) atoms. The number of carbonyl (C=O) groups excluding carboxylic acids is 2. The fourth-order valence-corrected chi connectivity index (χ4v) is 4.76. The number of rotatable bonds is 10. The van der Waals surface area contributed by atoms with Crippen LogP contribution < -0.4 is 14.9 Å². The van der Waals surface area contributed by atoms with Gasteiger partial charge in [0, 0.05) is 24.5 Å². The minimum Gasteiger partial charge on any atom is -0.348 e. The zero-order valence-corrected chi connectivity index (χ0v) is 21.2. The largest absolute Gasteiger partial charge is 0.348 e. The first-order valence-corrected chi connectivity index (χ1v) is 13.3. The van der Waals surface area contributed by atoms with Gasteiger partial charge in [0.05, 0.1) is 23.2 Å². The van der Waals surface area contributed by atoms with Gasteiger partial charge in [-0.05, 0) is 48.7 Å². The lowest BCUT2D eigenvalue weighted by Gasteiger charge is -2.24. The zero-order chi connectivity index (χ0) is 25.4. The Hall–Kier alpha value is -3.36. The molecule has 0 aliphatic carbocycles. The van der Waals surface area contributed by atoms with Gasteiger partial charge in [-0.15, -0.1) is 0 Å². The second-order valence-corrected chi connectivity index (χ2v) is 10.5. The molecule has 3 aromatic rings. The topological polar surface area (TPSA) is 95.6 Å². The van der Waals surface area contributed by atoms with Crippen LogP contribution in [-0.4, -0.2) is 33.0 Å². The third-order valence-corrected chi connectivity index (χ3v) is 6.76. The number of amides is 2. The minimum absolute atomic E-state index is 0.0750. The lowest BCUT2D eigenvalue weighted by molar-refractivity contribution is -0.116. The van der Waals surface area contributed by atoms with E-state index in [0.717, 1.165) is 17.4 Å². The first-order chi connectivity index (χ1) is 16.6. The van der Waals surface area contributed by atoms with Gasteiger partial charge in [0.15, 0.2) is 0 Å². The molecule has 0 heterocycles. The molecule has 2 amide bonds. The molecular formula is C26H28ClN3O4S. The molecule has 0 spiro atoms. The predicted octanol–water partition coefficient (Wildman–Crippen LogP) is 4.76. The molecule has 184 valence electrons. The van der Waals surface area contributed by atoms with Crippen LogP contribution in [-0.2, 0) is 21.4 Å². The van der Waals surface area contributed by atoms with Gasteiger partial charge in [-0.2, -0.15) is 0 Å². The molecule has 0 unspecified atom stereocenters. The van der Waals surface area contributed by atoms with Gasteiger partial charge in [-0.25, -0.2) is 8.42 Å². The first kappa shape index (κ1) is 26.2. The van der Waals surface area contributed by atoms with Crippen molar-refractivity contribution < 1.29 is 18.0 Å². The molecule has 0 radical (unpaired) electrons. The van der Waals surface area contributed by atoms with Gasteiger partial charge in [0.2, 0.25) is 15.9 Å². The quantitative estimate of drug-likeness (QED) is 0.408. The lowest BCUT2D eigenvalue weighted by atomic mass is 10.1. The van der Waals surface area contributed by atoms with E-state index < -0.39 is 10.0 Å². The van der Waals surface area contributed by atoms with E-state index in [4.69, 9.17) is 11.6 Å². The van der Waals surface area contributed by atoms with Crippen LogP contribution in [0.2, 0.25) is 5.02 Å². The number of carbonyl (C=O) groups is 2. The van der Waals surface area contributed by atoms with Crippen molar-refractivity contribution in [2.24, 2.45) is 0 Å². The van der Waals surface area contributed by atoms with Crippen LogP contribution in [0.5, 0.6) is 0 Å². The summed E-state index contributed by atoms with van der Waals surface area (Å²) in [5.41, 5.74) is 2.96. The van der Waals surface area contributed by atoms with Gasteiger partial charge in [-0.1, -0.05) is 60.1 Å². The monoisotopic (exact) mass is 513 g/mol. The van der Waals surface area contributed by atoms with Crippen molar-refractivity contribution in [1.29, 1.82) is 0 Å². The number of para-hydroxylation sites is 1. The van der Waals surface area contributed by atoms with Crippen LogP contribution in [0.15, 0.2) is 72.8 Å². The average molecular weight is 514 g/mol. The summed E-state index contributed by atoms with van der Waals surface area (Å²) >= 11 is 6.07. The minimum atomic E-state index is -3.57. The fourth-order valence-electron chi connectivity index (χ4n) is 3.58. The summed E-state index contributed by atoms with van der Waals surface area (Å²) < 4.78 is 26.0. The highest BCUT2D eigenvalue weighted by atomic mass is 35.5. The Balaban J connectivity index is 1.61. The summed E-state index contributed by atoms with van der Waals surface area (Å²) in [7, 11) is -3.57. The van der Waals surface area contributed by atoms with Crippen LogP contribution >= 0.6 is 11.6 Å². The molecule has 0 aliphatic heterocycles. The third kappa shape index (κ3) is 7.56. The third-order valence-electron chi connectivity index (χ3n) is 5.35. The highest BCUT2D eigenvalue weighted by Crippen LogP contribution is 2.26. The van der Waals surface area contributed by atoms with Crippen LogP contribution in [0.4, 0.5) is 11.4 Å². The van der Waals surface area contributed by atoms with Crippen molar-refractivity contribution in [1.82, 2.24) is 5.32 Å². The Bertz CT molecular complexity index is 1300. The molecule has 0 saturated heterocycles. The van der Waals surface area contributed by atoms with E-state index in [1.165, 1.54) is 4.31 Å². The van der Waals surface area contributed by atoms with Crippen molar-refractivity contribution in [2.75, 3.05) is 22.4 Å². The highest BCUT2D eigenvalue weighted by molar-refractivity contribution is 7.92. The number of anilines is 2. The summed E-state index contributed by atoms with van der Waals surface area (Å²) in [5, 5.41) is 6.06. The smallest absolute Gasteiger partial charge is 0.253 e. The average Bonchev–Trinajstić information content (AvgIpc) is 2.82. The number of nitrogens with zero attached hydrogens (tertiary/aromatic N) is 1. The Morgan fingerprint density at radius 2 is 1.66 bits per heavy atom. The van der Waals surface area contributed by atoms with Crippen molar-refractivity contribution in [2.45, 2.75) is 26.3 Å². The normalized spacial score (nSPS) is 11.1. The molecule has 3 aromatic carbocycles. The van der Waals surface area contributed by atoms with Crippen LogP contribution in [0.1, 0.15) is 34.3 Å². The molecule has 0 saturated carbocycles. The van der Waals surface area contributed by atoms with E-state index in [-0.39, 0.29) is 31.2 Å². The molecule has 9 heteroatoms. The van der Waals surface area contributed by atoms with E-state index in [2.05, 4.69) is 10.6 Å². The number of aryl methyl sites for hydroxylation is 1. The van der Waals surface area contributed by atoms with Crippen LogP contribution in [0.3, 0.4) is 0 Å². The maximum atomic E-state index is 12.7. The molecule has 7 nitrogen and oxygen atoms in total. The molecule has 0 atom stereocenters. The van der Waals surface area contributed by atoms with Crippen LogP contribution in [0, 0.1) is 6.92 Å². The number of sulfonamides is 1. The van der Waals surface area contributed by atoms with E-state index in [1.54, 1.807) is 49.4 Å². The summed E-state index contributed by atoms with van der Waals surface area (Å²) in [5.74, 6) is -0.617. The number of halogens is 1. The molecule has 0 bridgehead atoms. The fraction of sp³-hybridized carbons (Fsp3) is 0.231. The van der Waals surface area contributed by atoms with Gasteiger partial charge in [0.1, 0.15) is 0 Å². The van der Waals surface area contributed by atoms with Crippen molar-refractivity contribution >= 4 is 44.8 Å². The zero-order valence-electron chi connectivity index (χ0n) is 19.6. The lowest BCUT2D eigenvalue weighted by Crippen LogP contribution is -2.32. The van der Waals surface area contributed by atoms with E-state index in [0.29, 0.717) is 28.5 Å². The summed E-state index contributed by atoms with van der Waals surface area (Å²) in [4.78, 5) is 25.3. The van der Waals surface area contributed by atoms with Gasteiger partial charge < -0.3 is 10.6 Å². The first-order valence-electron chi connectivity index (χ1n) is 11.1. The maximum Gasteiger partial charge on any atom is 0.253 e. The molecule has 0 aliphatic rings. The Kier molecular flexibility index (Phi) is 8.89. The van der Waals surface area contributed by atoms with Gasteiger partial charge in [0.25, 0.3) is 5.91 Å². The Morgan fingerprint density at radius 1 is 0.971 bits per heavy atom. The maximum absolute atomic E-state index is 12.7. The van der Waals surface area contributed by atoms with E-state index in [9.17, 15) is 18.0 Å². The number of hydrogen-bond donors (Lipinski definition) is 2. The molecule has 0 fully saturated rings. The standard InChI is InChI=1S/C26H28ClN3O4S/c1-19-14-15-21(27)17-24(19)30(35(2,33)34)16-8-13-25(31)29-23-12-7-6-11-22(23)26(32)28-18-20-9-4-3-5-10-20/h3-7,9-12,14-15,17H,8,13,16,18H2,1-2H3,(H,28,32)(H,29,31). The number of benzene rings is 3. The molecular weight excluding hydrogens is 486 g/mol. The van der Waals surface area contributed by atoms with E-state index >= 15 is 0 Å². The van der Waals surface area contributed by atoms with Gasteiger partial charge >= 0.3 is 0 Å². The summed E-state index contributed by atoms with van der Waals surface area (Å²) in [6.45, 7) is 2.29. The molecule has 3 rings (SSSR count). The predicted molar refractivity (Wildman–Crippen MR) is 140 cm³/mol. The Labute approximate surface area is 211 Å². The second kappa shape index (κ2) is 11.9. The van der Waals surface area contributed by atoms with Gasteiger partial charge in [-0.3, -0.25) is 13.9 Å². The number of nitrogens with one attached hydrogen (secondary N) is 2. The molecule has 2 N–H and O–H groups in total. The molecule has 0 aromatic heterocycles. The SMILES string of the molecule is Cc1ccc(Cl)cc1N(CCCC(=O)Nc1ccccc1C(=O)NCc1ccccc1)S(C)(=O)=O. The summed E-state index contributed by atoms with van der Waals surface area (Å²) in [6, 6.07) is 21.3. The van der Waals surface area contributed by atoms with Crippen molar-refractivity contribution in [3.05, 3.63) is 94.5 Å². The summed E-state index contributed by atoms with van der Waals surface area (Å²) in [6.07, 6.45) is 1.48.